The number of likely N-dealkylation sites (N-methyl/N-ethyl adjacent to an activating group) is 1. The molecule has 8 nitrogen and oxygen atoms in total. The van der Waals surface area contributed by atoms with Crippen molar-refractivity contribution in [1.82, 2.24) is 9.80 Å². The van der Waals surface area contributed by atoms with Gasteiger partial charge in [0.25, 0.3) is 10.0 Å². The minimum atomic E-state index is -3.80. The Hall–Kier alpha value is -3.40. The van der Waals surface area contributed by atoms with Crippen LogP contribution in [0.2, 0.25) is 0 Å². The average Bonchev–Trinajstić information content (AvgIpc) is 2.96. The van der Waals surface area contributed by atoms with Gasteiger partial charge in [-0.25, -0.2) is 8.42 Å². The second kappa shape index (κ2) is 12.6. The standard InChI is InChI=1S/C30H37N3O5S/c1-22-18-33(23(2)21-34)30(35)17-25-16-26(31-39(36,37)27-12-8-5-9-13-27)14-15-28(25)38-29(22)20-32(3)19-24-10-6-4-7-11-24/h4-16,22-23,29,31,34H,17-21H2,1-3H3/t22-,23-,29-/m0/s1. The molecule has 1 heterocycles. The van der Waals surface area contributed by atoms with Gasteiger partial charge in [0.05, 0.1) is 24.0 Å². The number of fused-ring (bicyclic) bond motifs is 1. The molecule has 9 heteroatoms. The largest absolute Gasteiger partial charge is 0.488 e. The fraction of sp³-hybridized carbons (Fsp3) is 0.367. The van der Waals surface area contributed by atoms with Crippen LogP contribution in [0.25, 0.3) is 0 Å². The summed E-state index contributed by atoms with van der Waals surface area (Å²) in [7, 11) is -1.76. The Morgan fingerprint density at radius 3 is 2.41 bits per heavy atom. The van der Waals surface area contributed by atoms with E-state index in [0.29, 0.717) is 30.1 Å². The maximum absolute atomic E-state index is 13.4. The van der Waals surface area contributed by atoms with E-state index < -0.39 is 10.0 Å². The van der Waals surface area contributed by atoms with E-state index in [9.17, 15) is 18.3 Å². The molecule has 1 aliphatic rings. The normalized spacial score (nSPS) is 18.9. The van der Waals surface area contributed by atoms with Crippen LogP contribution < -0.4 is 9.46 Å². The minimum Gasteiger partial charge on any atom is -0.488 e. The molecule has 0 radical (unpaired) electrons. The second-order valence-corrected chi connectivity index (χ2v) is 12.0. The molecule has 4 rings (SSSR count). The number of rotatable bonds is 9. The van der Waals surface area contributed by atoms with Crippen molar-refractivity contribution in [1.29, 1.82) is 0 Å². The highest BCUT2D eigenvalue weighted by Gasteiger charge is 2.31. The number of ether oxygens (including phenoxy) is 1. The van der Waals surface area contributed by atoms with Gasteiger partial charge in [0, 0.05) is 36.8 Å². The van der Waals surface area contributed by atoms with E-state index >= 15 is 0 Å². The Morgan fingerprint density at radius 2 is 1.74 bits per heavy atom. The van der Waals surface area contributed by atoms with E-state index in [2.05, 4.69) is 28.7 Å². The van der Waals surface area contributed by atoms with E-state index in [4.69, 9.17) is 4.74 Å². The van der Waals surface area contributed by atoms with Crippen molar-refractivity contribution in [2.75, 3.05) is 31.5 Å². The predicted octanol–water partition coefficient (Wildman–Crippen LogP) is 3.77. The number of hydrogen-bond donors (Lipinski definition) is 2. The van der Waals surface area contributed by atoms with Gasteiger partial charge in [0.1, 0.15) is 11.9 Å². The highest BCUT2D eigenvalue weighted by atomic mass is 32.2. The second-order valence-electron chi connectivity index (χ2n) is 10.3. The Morgan fingerprint density at radius 1 is 1.08 bits per heavy atom. The van der Waals surface area contributed by atoms with Crippen LogP contribution in [-0.2, 0) is 27.8 Å². The van der Waals surface area contributed by atoms with Gasteiger partial charge < -0.3 is 14.7 Å². The molecule has 0 fully saturated rings. The molecule has 0 spiro atoms. The molecule has 208 valence electrons. The van der Waals surface area contributed by atoms with Crippen LogP contribution in [0.3, 0.4) is 0 Å². The molecule has 39 heavy (non-hydrogen) atoms. The zero-order chi connectivity index (χ0) is 28.0. The number of aliphatic hydroxyl groups is 1. The maximum Gasteiger partial charge on any atom is 0.261 e. The molecular weight excluding hydrogens is 514 g/mol. The molecular formula is C30H37N3O5S. The van der Waals surface area contributed by atoms with Gasteiger partial charge in [-0.2, -0.15) is 0 Å². The first kappa shape index (κ1) is 28.6. The van der Waals surface area contributed by atoms with Crippen molar-refractivity contribution in [2.24, 2.45) is 5.92 Å². The Labute approximate surface area is 231 Å². The zero-order valence-electron chi connectivity index (χ0n) is 22.7. The van der Waals surface area contributed by atoms with E-state index in [-0.39, 0.29) is 41.9 Å². The van der Waals surface area contributed by atoms with Gasteiger partial charge >= 0.3 is 0 Å². The Balaban J connectivity index is 1.63. The van der Waals surface area contributed by atoms with E-state index in [1.165, 1.54) is 17.7 Å². The fourth-order valence-corrected chi connectivity index (χ4v) is 5.86. The van der Waals surface area contributed by atoms with Crippen LogP contribution in [0.5, 0.6) is 5.75 Å². The lowest BCUT2D eigenvalue weighted by Gasteiger charge is -2.34. The third-order valence-corrected chi connectivity index (χ3v) is 8.41. The summed E-state index contributed by atoms with van der Waals surface area (Å²) in [5.74, 6) is 0.382. The van der Waals surface area contributed by atoms with Gasteiger partial charge in [-0.1, -0.05) is 55.5 Å². The first-order valence-corrected chi connectivity index (χ1v) is 14.6. The van der Waals surface area contributed by atoms with Crippen molar-refractivity contribution >= 4 is 21.6 Å². The van der Waals surface area contributed by atoms with E-state index in [1.807, 2.05) is 32.2 Å². The summed E-state index contributed by atoms with van der Waals surface area (Å²) in [5.41, 5.74) is 2.13. The van der Waals surface area contributed by atoms with Crippen LogP contribution in [0.15, 0.2) is 83.8 Å². The van der Waals surface area contributed by atoms with Crippen LogP contribution in [0, 0.1) is 5.92 Å². The smallest absolute Gasteiger partial charge is 0.261 e. The minimum absolute atomic E-state index is 0.0246. The lowest BCUT2D eigenvalue weighted by atomic mass is 10.0. The monoisotopic (exact) mass is 551 g/mol. The highest BCUT2D eigenvalue weighted by molar-refractivity contribution is 7.92. The molecule has 3 atom stereocenters. The number of hydrogen-bond acceptors (Lipinski definition) is 6. The first-order chi connectivity index (χ1) is 18.7. The van der Waals surface area contributed by atoms with Crippen LogP contribution in [0.4, 0.5) is 5.69 Å². The maximum atomic E-state index is 13.4. The molecule has 0 bridgehead atoms. The summed E-state index contributed by atoms with van der Waals surface area (Å²) in [6.45, 7) is 5.53. The SMILES string of the molecule is C[C@H]1CN([C@@H](C)CO)C(=O)Cc2cc(NS(=O)(=O)c3ccccc3)ccc2O[C@H]1CN(C)Cc1ccccc1. The number of carbonyl (C=O) groups excluding carboxylic acids is 1. The van der Waals surface area contributed by atoms with Crippen molar-refractivity contribution < 1.29 is 23.1 Å². The number of sulfonamides is 1. The summed E-state index contributed by atoms with van der Waals surface area (Å²) in [4.78, 5) is 17.5. The third-order valence-electron chi connectivity index (χ3n) is 7.01. The van der Waals surface area contributed by atoms with E-state index in [1.54, 1.807) is 41.3 Å². The number of benzene rings is 3. The van der Waals surface area contributed by atoms with Crippen LogP contribution in [0.1, 0.15) is 25.0 Å². The average molecular weight is 552 g/mol. The molecule has 0 unspecified atom stereocenters. The van der Waals surface area contributed by atoms with Crippen molar-refractivity contribution in [3.05, 3.63) is 90.0 Å². The van der Waals surface area contributed by atoms with Crippen LogP contribution in [-0.4, -0.2) is 68.1 Å². The van der Waals surface area contributed by atoms with Gasteiger partial charge in [0.15, 0.2) is 0 Å². The quantitative estimate of drug-likeness (QED) is 0.420. The number of aliphatic hydroxyl groups excluding tert-OH is 1. The molecule has 3 aromatic carbocycles. The van der Waals surface area contributed by atoms with Crippen molar-refractivity contribution in [3.63, 3.8) is 0 Å². The lowest BCUT2D eigenvalue weighted by Crippen LogP contribution is -2.47. The van der Waals surface area contributed by atoms with Gasteiger partial charge in [0.2, 0.25) is 5.91 Å². The van der Waals surface area contributed by atoms with Crippen molar-refractivity contribution in [2.45, 2.75) is 43.9 Å². The molecule has 2 N–H and O–H groups in total. The van der Waals surface area contributed by atoms with Crippen LogP contribution >= 0.6 is 0 Å². The summed E-state index contributed by atoms with van der Waals surface area (Å²) in [6, 6.07) is 23.0. The molecule has 0 saturated carbocycles. The Kier molecular flexibility index (Phi) is 9.27. The Bertz CT molecular complexity index is 1350. The molecule has 1 amide bonds. The fourth-order valence-electron chi connectivity index (χ4n) is 4.79. The molecule has 1 aliphatic heterocycles. The molecule has 0 saturated heterocycles. The number of nitrogens with one attached hydrogen (secondary N) is 1. The number of anilines is 1. The number of carbonyl (C=O) groups is 1. The molecule has 0 aliphatic carbocycles. The van der Waals surface area contributed by atoms with Gasteiger partial charge in [-0.05, 0) is 49.9 Å². The van der Waals surface area contributed by atoms with E-state index in [0.717, 1.165) is 6.54 Å². The number of amides is 1. The summed E-state index contributed by atoms with van der Waals surface area (Å²) in [5, 5.41) is 9.86. The first-order valence-electron chi connectivity index (χ1n) is 13.2. The summed E-state index contributed by atoms with van der Waals surface area (Å²) >= 11 is 0. The third kappa shape index (κ3) is 7.38. The molecule has 3 aromatic rings. The summed E-state index contributed by atoms with van der Waals surface area (Å²) < 4.78 is 35.0. The number of nitrogens with zero attached hydrogens (tertiary/aromatic N) is 2. The highest BCUT2D eigenvalue weighted by Crippen LogP contribution is 2.30. The van der Waals surface area contributed by atoms with Crippen molar-refractivity contribution in [3.8, 4) is 5.75 Å². The van der Waals surface area contributed by atoms with Gasteiger partial charge in [-0.15, -0.1) is 0 Å². The topological polar surface area (TPSA) is 99.2 Å². The molecule has 0 aromatic heterocycles. The zero-order valence-corrected chi connectivity index (χ0v) is 23.5. The van der Waals surface area contributed by atoms with Gasteiger partial charge in [-0.3, -0.25) is 14.4 Å². The lowest BCUT2D eigenvalue weighted by molar-refractivity contribution is -0.134. The summed E-state index contributed by atoms with van der Waals surface area (Å²) in [6.07, 6.45) is -0.219. The predicted molar refractivity (Wildman–Crippen MR) is 152 cm³/mol.